The minimum absolute atomic E-state index is 0.216. The van der Waals surface area contributed by atoms with Gasteiger partial charge in [0.2, 0.25) is 0 Å². The zero-order chi connectivity index (χ0) is 14.1. The molecule has 0 radical (unpaired) electrons. The van der Waals surface area contributed by atoms with Crippen LogP contribution in [0.1, 0.15) is 28.4 Å². The third-order valence-electron chi connectivity index (χ3n) is 3.47. The predicted octanol–water partition coefficient (Wildman–Crippen LogP) is 3.51. The number of nitrogens with zero attached hydrogens (tertiary/aromatic N) is 1. The summed E-state index contributed by atoms with van der Waals surface area (Å²) in [6, 6.07) is 5.54. The van der Waals surface area contributed by atoms with Crippen LogP contribution in [0.4, 0.5) is 0 Å². The highest BCUT2D eigenvalue weighted by atomic mass is 35.5. The maximum Gasteiger partial charge on any atom is 0.273 e. The largest absolute Gasteiger partial charge is 0.451 e. The highest BCUT2D eigenvalue weighted by Crippen LogP contribution is 2.49. The van der Waals surface area contributed by atoms with Crippen LogP contribution >= 0.6 is 23.2 Å². The second-order valence-corrected chi connectivity index (χ2v) is 5.70. The first-order valence-electron chi connectivity index (χ1n) is 6.26. The van der Waals surface area contributed by atoms with Crippen molar-refractivity contribution in [3.63, 3.8) is 0 Å². The molecule has 0 aliphatic heterocycles. The topological polar surface area (TPSA) is 55.1 Å². The van der Waals surface area contributed by atoms with E-state index in [1.54, 1.807) is 6.07 Å². The van der Waals surface area contributed by atoms with Crippen LogP contribution in [0.5, 0.6) is 0 Å². The van der Waals surface area contributed by atoms with Crippen LogP contribution in [-0.2, 0) is 0 Å². The molecule has 1 aliphatic carbocycles. The molecular formula is C14H12Cl2N2O2. The van der Waals surface area contributed by atoms with E-state index in [-0.39, 0.29) is 5.91 Å². The SMILES string of the molecule is O=C(NC[C@@H]1C[C@H]1c1ccc(Cl)cc1Cl)c1cocn1. The van der Waals surface area contributed by atoms with Crippen LogP contribution < -0.4 is 5.32 Å². The number of amides is 1. The van der Waals surface area contributed by atoms with Gasteiger partial charge in [0.1, 0.15) is 6.26 Å². The van der Waals surface area contributed by atoms with Crippen LogP contribution in [0.2, 0.25) is 10.0 Å². The highest BCUT2D eigenvalue weighted by molar-refractivity contribution is 6.35. The Morgan fingerprint density at radius 2 is 2.30 bits per heavy atom. The van der Waals surface area contributed by atoms with Crippen molar-refractivity contribution in [2.24, 2.45) is 5.92 Å². The fourth-order valence-corrected chi connectivity index (χ4v) is 2.84. The van der Waals surface area contributed by atoms with E-state index < -0.39 is 0 Å². The summed E-state index contributed by atoms with van der Waals surface area (Å²) in [5.74, 6) is 0.577. The van der Waals surface area contributed by atoms with Gasteiger partial charge in [0.05, 0.1) is 0 Å². The van der Waals surface area contributed by atoms with Crippen molar-refractivity contribution in [2.45, 2.75) is 12.3 Å². The lowest BCUT2D eigenvalue weighted by Crippen LogP contribution is -2.26. The summed E-state index contributed by atoms with van der Waals surface area (Å²) in [5, 5.41) is 4.17. The molecule has 1 aliphatic rings. The second kappa shape index (κ2) is 5.46. The van der Waals surface area contributed by atoms with Gasteiger partial charge in [-0.15, -0.1) is 0 Å². The van der Waals surface area contributed by atoms with Crippen LogP contribution in [-0.4, -0.2) is 17.4 Å². The number of carbonyl (C=O) groups excluding carboxylic acids is 1. The van der Waals surface area contributed by atoms with E-state index in [0.717, 1.165) is 12.0 Å². The number of halogens is 2. The summed E-state index contributed by atoms with van der Waals surface area (Å²) in [6.07, 6.45) is 3.58. The molecule has 6 heteroatoms. The molecule has 4 nitrogen and oxygen atoms in total. The molecule has 0 bridgehead atoms. The van der Waals surface area contributed by atoms with Crippen molar-refractivity contribution in [1.82, 2.24) is 10.3 Å². The number of oxazole rings is 1. The van der Waals surface area contributed by atoms with Crippen molar-refractivity contribution in [1.29, 1.82) is 0 Å². The molecule has 1 fully saturated rings. The van der Waals surface area contributed by atoms with Gasteiger partial charge in [0.15, 0.2) is 12.1 Å². The molecule has 0 saturated heterocycles. The van der Waals surface area contributed by atoms with Crippen molar-refractivity contribution >= 4 is 29.1 Å². The van der Waals surface area contributed by atoms with Crippen LogP contribution in [0, 0.1) is 5.92 Å². The Labute approximate surface area is 126 Å². The number of aromatic nitrogens is 1. The quantitative estimate of drug-likeness (QED) is 0.940. The average Bonchev–Trinajstić information content (AvgIpc) is 2.97. The molecule has 3 rings (SSSR count). The van der Waals surface area contributed by atoms with Crippen molar-refractivity contribution in [3.05, 3.63) is 52.2 Å². The van der Waals surface area contributed by atoms with Gasteiger partial charge in [0, 0.05) is 16.6 Å². The van der Waals surface area contributed by atoms with Gasteiger partial charge in [-0.3, -0.25) is 4.79 Å². The summed E-state index contributed by atoms with van der Waals surface area (Å²) in [7, 11) is 0. The third-order valence-corrected chi connectivity index (χ3v) is 4.04. The van der Waals surface area contributed by atoms with E-state index in [1.807, 2.05) is 12.1 Å². The summed E-state index contributed by atoms with van der Waals surface area (Å²) >= 11 is 12.1. The molecule has 2 atom stereocenters. The van der Waals surface area contributed by atoms with Gasteiger partial charge in [-0.2, -0.15) is 0 Å². The lowest BCUT2D eigenvalue weighted by molar-refractivity contribution is 0.0946. The Morgan fingerprint density at radius 3 is 3.00 bits per heavy atom. The Hall–Kier alpha value is -1.52. The molecule has 1 N–H and O–H groups in total. The lowest BCUT2D eigenvalue weighted by atomic mass is 10.1. The summed E-state index contributed by atoms with van der Waals surface area (Å²) in [5.41, 5.74) is 1.39. The molecular weight excluding hydrogens is 299 g/mol. The summed E-state index contributed by atoms with van der Waals surface area (Å²) < 4.78 is 4.77. The zero-order valence-electron chi connectivity index (χ0n) is 10.5. The maximum absolute atomic E-state index is 11.7. The first kappa shape index (κ1) is 13.5. The zero-order valence-corrected chi connectivity index (χ0v) is 12.0. The van der Waals surface area contributed by atoms with Crippen LogP contribution in [0.3, 0.4) is 0 Å². The molecule has 0 spiro atoms. The number of hydrogen-bond donors (Lipinski definition) is 1. The van der Waals surface area contributed by atoms with E-state index in [2.05, 4.69) is 10.3 Å². The molecule has 1 aromatic carbocycles. The Bertz CT molecular complexity index is 628. The van der Waals surface area contributed by atoms with Crippen molar-refractivity contribution in [3.8, 4) is 0 Å². The number of benzene rings is 1. The lowest BCUT2D eigenvalue weighted by Gasteiger charge is -2.05. The molecule has 1 heterocycles. The van der Waals surface area contributed by atoms with E-state index in [9.17, 15) is 4.79 Å². The maximum atomic E-state index is 11.7. The normalized spacial score (nSPS) is 20.7. The van der Waals surface area contributed by atoms with Crippen molar-refractivity contribution < 1.29 is 9.21 Å². The molecule has 0 unspecified atom stereocenters. The van der Waals surface area contributed by atoms with E-state index in [0.29, 0.717) is 34.1 Å². The average molecular weight is 311 g/mol. The van der Waals surface area contributed by atoms with Crippen LogP contribution in [0.25, 0.3) is 0 Å². The molecule has 104 valence electrons. The van der Waals surface area contributed by atoms with E-state index in [4.69, 9.17) is 27.6 Å². The molecule has 2 aromatic rings. The van der Waals surface area contributed by atoms with Gasteiger partial charge in [0.25, 0.3) is 5.91 Å². The first-order chi connectivity index (χ1) is 9.65. The number of hydrogen-bond acceptors (Lipinski definition) is 3. The van der Waals surface area contributed by atoms with Crippen molar-refractivity contribution in [2.75, 3.05) is 6.54 Å². The molecule has 1 aromatic heterocycles. The molecule has 1 amide bonds. The second-order valence-electron chi connectivity index (χ2n) is 4.85. The summed E-state index contributed by atoms with van der Waals surface area (Å²) in [4.78, 5) is 15.5. The third kappa shape index (κ3) is 2.81. The Morgan fingerprint density at radius 1 is 1.45 bits per heavy atom. The smallest absolute Gasteiger partial charge is 0.273 e. The minimum atomic E-state index is -0.216. The van der Waals surface area contributed by atoms with Gasteiger partial charge >= 0.3 is 0 Å². The van der Waals surface area contributed by atoms with Gasteiger partial charge in [-0.1, -0.05) is 29.3 Å². The fourth-order valence-electron chi connectivity index (χ4n) is 2.30. The standard InChI is InChI=1S/C14H12Cl2N2O2/c15-9-1-2-10(12(16)4-9)11-3-8(11)5-17-14(19)13-6-20-7-18-13/h1-2,4,6-8,11H,3,5H2,(H,17,19)/t8-,11+/m0/s1. The Balaban J connectivity index is 1.56. The number of carbonyl (C=O) groups is 1. The molecule has 20 heavy (non-hydrogen) atoms. The summed E-state index contributed by atoms with van der Waals surface area (Å²) in [6.45, 7) is 0.606. The van der Waals surface area contributed by atoms with Gasteiger partial charge in [-0.05, 0) is 36.0 Å². The highest BCUT2D eigenvalue weighted by Gasteiger charge is 2.39. The fraction of sp³-hybridized carbons (Fsp3) is 0.286. The van der Waals surface area contributed by atoms with E-state index >= 15 is 0 Å². The van der Waals surface area contributed by atoms with Gasteiger partial charge < -0.3 is 9.73 Å². The minimum Gasteiger partial charge on any atom is -0.451 e. The van der Waals surface area contributed by atoms with Crippen LogP contribution in [0.15, 0.2) is 35.3 Å². The predicted molar refractivity (Wildman–Crippen MR) is 76.1 cm³/mol. The first-order valence-corrected chi connectivity index (χ1v) is 7.02. The monoisotopic (exact) mass is 310 g/mol. The number of rotatable bonds is 4. The number of nitrogens with one attached hydrogen (secondary N) is 1. The van der Waals surface area contributed by atoms with Gasteiger partial charge in [-0.25, -0.2) is 4.98 Å². The van der Waals surface area contributed by atoms with E-state index in [1.165, 1.54) is 12.7 Å². The molecule has 1 saturated carbocycles. The Kier molecular flexibility index (Phi) is 3.68.